The first-order valence-electron chi connectivity index (χ1n) is 5.92. The highest BCUT2D eigenvalue weighted by Crippen LogP contribution is 2.12. The van der Waals surface area contributed by atoms with Crippen molar-refractivity contribution in [3.05, 3.63) is 12.4 Å². The minimum atomic E-state index is 0.424. The van der Waals surface area contributed by atoms with Gasteiger partial charge >= 0.3 is 0 Å². The fourth-order valence-electron chi connectivity index (χ4n) is 1.61. The molecule has 0 radical (unpaired) electrons. The van der Waals surface area contributed by atoms with E-state index in [0.29, 0.717) is 11.9 Å². The lowest BCUT2D eigenvalue weighted by Crippen LogP contribution is -2.16. The van der Waals surface area contributed by atoms with Gasteiger partial charge in [0.15, 0.2) is 0 Å². The highest BCUT2D eigenvalue weighted by Gasteiger charge is 2.04. The van der Waals surface area contributed by atoms with Gasteiger partial charge < -0.3 is 11.1 Å². The molecule has 1 aromatic heterocycles. The lowest BCUT2D eigenvalue weighted by molar-refractivity contribution is 0.520. The van der Waals surface area contributed by atoms with Crippen LogP contribution in [-0.2, 0) is 0 Å². The molecule has 90 valence electrons. The molecule has 1 aromatic rings. The summed E-state index contributed by atoms with van der Waals surface area (Å²) in [6, 6.07) is 2.19. The highest BCUT2D eigenvalue weighted by molar-refractivity contribution is 5.43. The number of anilines is 2. The summed E-state index contributed by atoms with van der Waals surface area (Å²) in [6.07, 6.45) is 5.16. The van der Waals surface area contributed by atoms with Crippen LogP contribution in [-0.4, -0.2) is 16.0 Å². The quantitative estimate of drug-likeness (QED) is 0.776. The number of nitrogens with zero attached hydrogens (tertiary/aromatic N) is 2. The Balaban J connectivity index is 2.31. The molecular formula is C12H22N4. The molecular weight excluding hydrogens is 200 g/mol. The Bertz CT molecular complexity index is 312. The molecule has 1 unspecified atom stereocenters. The summed E-state index contributed by atoms with van der Waals surface area (Å²) in [7, 11) is 0. The normalized spacial score (nSPS) is 12.8. The summed E-state index contributed by atoms with van der Waals surface area (Å²) in [5.41, 5.74) is 5.58. The van der Waals surface area contributed by atoms with Gasteiger partial charge in [0.25, 0.3) is 0 Å². The first-order valence-corrected chi connectivity index (χ1v) is 5.92. The molecule has 0 amide bonds. The molecule has 3 N–H and O–H groups in total. The van der Waals surface area contributed by atoms with E-state index in [0.717, 1.165) is 18.2 Å². The summed E-state index contributed by atoms with van der Waals surface area (Å²) < 4.78 is 0. The zero-order valence-electron chi connectivity index (χ0n) is 10.4. The van der Waals surface area contributed by atoms with Crippen molar-refractivity contribution in [2.24, 2.45) is 5.92 Å². The van der Waals surface area contributed by atoms with Crippen molar-refractivity contribution in [1.29, 1.82) is 0 Å². The minimum absolute atomic E-state index is 0.424. The second-order valence-corrected chi connectivity index (χ2v) is 4.70. The predicted octanol–water partition coefficient (Wildman–Crippen LogP) is 2.69. The average molecular weight is 222 g/mol. The predicted molar refractivity (Wildman–Crippen MR) is 68.2 cm³/mol. The van der Waals surface area contributed by atoms with Crippen LogP contribution >= 0.6 is 0 Å². The number of hydrogen-bond donors (Lipinski definition) is 2. The Kier molecular flexibility index (Phi) is 5.02. The van der Waals surface area contributed by atoms with Crippen molar-refractivity contribution >= 4 is 11.6 Å². The molecule has 16 heavy (non-hydrogen) atoms. The third-order valence-electron chi connectivity index (χ3n) is 2.50. The standard InChI is InChI=1S/C12H22N4/c1-9(2)5-4-6-10(3)16-12-7-11(13)14-8-15-12/h7-10H,4-6H2,1-3H3,(H3,13,14,15,16). The molecule has 4 nitrogen and oxygen atoms in total. The minimum Gasteiger partial charge on any atom is -0.384 e. The van der Waals surface area contributed by atoms with Crippen molar-refractivity contribution in [2.45, 2.75) is 46.1 Å². The van der Waals surface area contributed by atoms with E-state index < -0.39 is 0 Å². The first-order chi connectivity index (χ1) is 7.58. The molecule has 0 aliphatic rings. The highest BCUT2D eigenvalue weighted by atomic mass is 15.0. The lowest BCUT2D eigenvalue weighted by Gasteiger charge is -2.14. The Labute approximate surface area is 97.7 Å². The number of aromatic nitrogens is 2. The summed E-state index contributed by atoms with van der Waals surface area (Å²) >= 11 is 0. The van der Waals surface area contributed by atoms with Crippen LogP contribution in [0.4, 0.5) is 11.6 Å². The van der Waals surface area contributed by atoms with Gasteiger partial charge in [-0.1, -0.05) is 26.7 Å². The molecule has 0 aliphatic carbocycles. The van der Waals surface area contributed by atoms with Crippen LogP contribution in [0, 0.1) is 5.92 Å². The number of hydrogen-bond acceptors (Lipinski definition) is 4. The van der Waals surface area contributed by atoms with Gasteiger partial charge in [-0.25, -0.2) is 9.97 Å². The fraction of sp³-hybridized carbons (Fsp3) is 0.667. The smallest absolute Gasteiger partial charge is 0.131 e. The van der Waals surface area contributed by atoms with E-state index in [1.807, 2.05) is 0 Å². The zero-order chi connectivity index (χ0) is 12.0. The van der Waals surface area contributed by atoms with Crippen LogP contribution in [0.3, 0.4) is 0 Å². The number of rotatable bonds is 6. The molecule has 0 aliphatic heterocycles. The van der Waals surface area contributed by atoms with E-state index in [9.17, 15) is 0 Å². The van der Waals surface area contributed by atoms with Gasteiger partial charge in [0, 0.05) is 12.1 Å². The second-order valence-electron chi connectivity index (χ2n) is 4.70. The van der Waals surface area contributed by atoms with Crippen molar-refractivity contribution in [3.63, 3.8) is 0 Å². The maximum Gasteiger partial charge on any atom is 0.131 e. The van der Waals surface area contributed by atoms with Gasteiger partial charge in [-0.3, -0.25) is 0 Å². The Morgan fingerprint density at radius 2 is 2.00 bits per heavy atom. The number of nitrogens with one attached hydrogen (secondary N) is 1. The SMILES string of the molecule is CC(C)CCCC(C)Nc1cc(N)ncn1. The van der Waals surface area contributed by atoms with Crippen LogP contribution in [0.2, 0.25) is 0 Å². The Morgan fingerprint density at radius 1 is 1.25 bits per heavy atom. The topological polar surface area (TPSA) is 63.8 Å². The Morgan fingerprint density at radius 3 is 2.62 bits per heavy atom. The lowest BCUT2D eigenvalue weighted by atomic mass is 10.0. The zero-order valence-corrected chi connectivity index (χ0v) is 10.4. The van der Waals surface area contributed by atoms with E-state index >= 15 is 0 Å². The third kappa shape index (κ3) is 4.96. The molecule has 0 aromatic carbocycles. The van der Waals surface area contributed by atoms with Crippen LogP contribution in [0.5, 0.6) is 0 Å². The van der Waals surface area contributed by atoms with Gasteiger partial charge in [-0.2, -0.15) is 0 Å². The van der Waals surface area contributed by atoms with E-state index in [1.54, 1.807) is 6.07 Å². The van der Waals surface area contributed by atoms with Crippen molar-refractivity contribution in [3.8, 4) is 0 Å². The van der Waals surface area contributed by atoms with Crippen molar-refractivity contribution in [2.75, 3.05) is 11.1 Å². The summed E-state index contributed by atoms with van der Waals surface area (Å²) in [4.78, 5) is 7.98. The maximum atomic E-state index is 5.58. The van der Waals surface area contributed by atoms with Crippen LogP contribution in [0.25, 0.3) is 0 Å². The van der Waals surface area contributed by atoms with Gasteiger partial charge in [0.2, 0.25) is 0 Å². The second kappa shape index (κ2) is 6.30. The summed E-state index contributed by atoms with van der Waals surface area (Å²) in [5.74, 6) is 2.10. The van der Waals surface area contributed by atoms with Gasteiger partial charge in [0.1, 0.15) is 18.0 Å². The molecule has 4 heteroatoms. The van der Waals surface area contributed by atoms with E-state index in [1.165, 1.54) is 19.2 Å². The van der Waals surface area contributed by atoms with E-state index in [4.69, 9.17) is 5.73 Å². The van der Waals surface area contributed by atoms with Gasteiger partial charge in [-0.05, 0) is 19.3 Å². The molecule has 0 fully saturated rings. The molecule has 1 atom stereocenters. The van der Waals surface area contributed by atoms with Crippen LogP contribution < -0.4 is 11.1 Å². The van der Waals surface area contributed by atoms with Crippen LogP contribution in [0.15, 0.2) is 12.4 Å². The fourth-order valence-corrected chi connectivity index (χ4v) is 1.61. The van der Waals surface area contributed by atoms with E-state index in [-0.39, 0.29) is 0 Å². The van der Waals surface area contributed by atoms with E-state index in [2.05, 4.69) is 36.1 Å². The molecule has 0 spiro atoms. The molecule has 1 heterocycles. The average Bonchev–Trinajstić information content (AvgIpc) is 2.16. The first kappa shape index (κ1) is 12.7. The number of nitrogen functional groups attached to an aromatic ring is 1. The maximum absolute atomic E-state index is 5.58. The Hall–Kier alpha value is -1.32. The summed E-state index contributed by atoms with van der Waals surface area (Å²) in [6.45, 7) is 6.67. The van der Waals surface area contributed by atoms with Crippen LogP contribution in [0.1, 0.15) is 40.0 Å². The third-order valence-corrected chi connectivity index (χ3v) is 2.50. The summed E-state index contributed by atoms with van der Waals surface area (Å²) in [5, 5.41) is 3.33. The molecule has 1 rings (SSSR count). The van der Waals surface area contributed by atoms with Gasteiger partial charge in [-0.15, -0.1) is 0 Å². The monoisotopic (exact) mass is 222 g/mol. The van der Waals surface area contributed by atoms with Gasteiger partial charge in [0.05, 0.1) is 0 Å². The molecule has 0 saturated heterocycles. The molecule has 0 saturated carbocycles. The molecule has 0 bridgehead atoms. The largest absolute Gasteiger partial charge is 0.384 e. The number of nitrogens with two attached hydrogens (primary N) is 1. The van der Waals surface area contributed by atoms with Crippen molar-refractivity contribution < 1.29 is 0 Å². The van der Waals surface area contributed by atoms with Crippen molar-refractivity contribution in [1.82, 2.24) is 9.97 Å².